The summed E-state index contributed by atoms with van der Waals surface area (Å²) in [5.74, 6) is 0. The fraction of sp³-hybridized carbons (Fsp3) is 1.00. The topological polar surface area (TPSA) is 32.5 Å². The van der Waals surface area contributed by atoms with Gasteiger partial charge in [-0.3, -0.25) is 4.90 Å². The van der Waals surface area contributed by atoms with E-state index in [0.717, 1.165) is 6.54 Å². The van der Waals surface area contributed by atoms with Gasteiger partial charge in [0.05, 0.1) is 0 Å². The summed E-state index contributed by atoms with van der Waals surface area (Å²) in [6.07, 6.45) is 1.17. The number of nitrogens with zero attached hydrogens (tertiary/aromatic N) is 2. The van der Waals surface area contributed by atoms with Crippen LogP contribution in [0.1, 0.15) is 20.3 Å². The van der Waals surface area contributed by atoms with E-state index in [9.17, 15) is 0 Å². The van der Waals surface area contributed by atoms with E-state index < -0.39 is 0 Å². The Labute approximate surface area is 81.9 Å². The number of likely N-dealkylation sites (N-methyl/N-ethyl adjacent to an activating group) is 1. The first-order valence-corrected chi connectivity index (χ1v) is 5.33. The molecule has 1 rings (SSSR count). The summed E-state index contributed by atoms with van der Waals surface area (Å²) in [7, 11) is 2.19. The summed E-state index contributed by atoms with van der Waals surface area (Å²) in [6.45, 7) is 8.85. The van der Waals surface area contributed by atoms with Crippen molar-refractivity contribution in [1.82, 2.24) is 9.80 Å². The highest BCUT2D eigenvalue weighted by molar-refractivity contribution is 4.82. The van der Waals surface area contributed by atoms with Gasteiger partial charge < -0.3 is 10.6 Å². The van der Waals surface area contributed by atoms with Gasteiger partial charge in [-0.1, -0.05) is 6.92 Å². The van der Waals surface area contributed by atoms with Gasteiger partial charge in [-0.2, -0.15) is 0 Å². The fourth-order valence-electron chi connectivity index (χ4n) is 2.23. The predicted molar refractivity (Wildman–Crippen MR) is 56.8 cm³/mol. The number of hydrogen-bond acceptors (Lipinski definition) is 3. The Kier molecular flexibility index (Phi) is 4.16. The lowest BCUT2D eigenvalue weighted by atomic mass is 10.1. The predicted octanol–water partition coefficient (Wildman–Crippen LogP) is 0.360. The molecular weight excluding hydrogens is 162 g/mol. The molecule has 0 aromatic rings. The normalized spacial score (nSPS) is 29.1. The minimum absolute atomic E-state index is 0.587. The van der Waals surface area contributed by atoms with Crippen LogP contribution in [0, 0.1) is 0 Å². The van der Waals surface area contributed by atoms with Crippen LogP contribution in [0.3, 0.4) is 0 Å². The van der Waals surface area contributed by atoms with Crippen LogP contribution in [-0.2, 0) is 0 Å². The second-order valence-corrected chi connectivity index (χ2v) is 4.15. The Morgan fingerprint density at radius 3 is 2.62 bits per heavy atom. The lowest BCUT2D eigenvalue weighted by Gasteiger charge is -2.42. The highest BCUT2D eigenvalue weighted by atomic mass is 15.3. The molecule has 0 spiro atoms. The van der Waals surface area contributed by atoms with Crippen LogP contribution in [0.2, 0.25) is 0 Å². The first-order chi connectivity index (χ1) is 6.19. The molecule has 0 aliphatic carbocycles. The highest BCUT2D eigenvalue weighted by Gasteiger charge is 2.25. The van der Waals surface area contributed by atoms with E-state index in [4.69, 9.17) is 5.73 Å². The Bertz CT molecular complexity index is 145. The van der Waals surface area contributed by atoms with Crippen molar-refractivity contribution in [2.45, 2.75) is 32.4 Å². The van der Waals surface area contributed by atoms with Crippen LogP contribution < -0.4 is 5.73 Å². The zero-order valence-corrected chi connectivity index (χ0v) is 9.16. The molecular formula is C10H23N3. The van der Waals surface area contributed by atoms with E-state index in [1.54, 1.807) is 0 Å². The number of rotatable bonds is 3. The minimum Gasteiger partial charge on any atom is -0.329 e. The largest absolute Gasteiger partial charge is 0.329 e. The van der Waals surface area contributed by atoms with Crippen molar-refractivity contribution in [2.75, 3.05) is 33.2 Å². The minimum atomic E-state index is 0.587. The van der Waals surface area contributed by atoms with Gasteiger partial charge >= 0.3 is 0 Å². The Balaban J connectivity index is 2.49. The summed E-state index contributed by atoms with van der Waals surface area (Å²) >= 11 is 0. The monoisotopic (exact) mass is 185 g/mol. The average molecular weight is 185 g/mol. The summed E-state index contributed by atoms with van der Waals surface area (Å²) < 4.78 is 0. The molecule has 2 atom stereocenters. The van der Waals surface area contributed by atoms with Crippen LogP contribution in [0.4, 0.5) is 0 Å². The molecule has 1 fully saturated rings. The Morgan fingerprint density at radius 2 is 2.15 bits per heavy atom. The van der Waals surface area contributed by atoms with Gasteiger partial charge in [-0.15, -0.1) is 0 Å². The number of hydrogen-bond donors (Lipinski definition) is 1. The van der Waals surface area contributed by atoms with E-state index in [1.165, 1.54) is 26.1 Å². The molecule has 0 saturated carbocycles. The van der Waals surface area contributed by atoms with Crippen molar-refractivity contribution >= 4 is 0 Å². The van der Waals surface area contributed by atoms with Gasteiger partial charge in [0.15, 0.2) is 0 Å². The molecule has 2 unspecified atom stereocenters. The maximum Gasteiger partial charge on any atom is 0.0219 e. The summed E-state index contributed by atoms with van der Waals surface area (Å²) in [6, 6.07) is 1.25. The lowest BCUT2D eigenvalue weighted by Crippen LogP contribution is -2.55. The Hall–Kier alpha value is -0.120. The average Bonchev–Trinajstić information content (AvgIpc) is 2.10. The number of nitrogens with two attached hydrogens (primary N) is 1. The molecule has 0 radical (unpaired) electrons. The molecule has 2 N–H and O–H groups in total. The second-order valence-electron chi connectivity index (χ2n) is 4.15. The molecule has 3 heteroatoms. The molecule has 78 valence electrons. The summed E-state index contributed by atoms with van der Waals surface area (Å²) in [5, 5.41) is 0. The second kappa shape index (κ2) is 4.94. The van der Waals surface area contributed by atoms with E-state index in [-0.39, 0.29) is 0 Å². The molecule has 1 aliphatic rings. The van der Waals surface area contributed by atoms with Crippen LogP contribution in [-0.4, -0.2) is 55.1 Å². The van der Waals surface area contributed by atoms with Crippen molar-refractivity contribution in [3.63, 3.8) is 0 Å². The smallest absolute Gasteiger partial charge is 0.0219 e. The van der Waals surface area contributed by atoms with Gasteiger partial charge in [0.25, 0.3) is 0 Å². The fourth-order valence-corrected chi connectivity index (χ4v) is 2.23. The van der Waals surface area contributed by atoms with Crippen molar-refractivity contribution in [2.24, 2.45) is 5.73 Å². The standard InChI is InChI=1S/C10H23N3/c1-4-10(7-11)13-6-5-12(3)8-9(13)2/h9-10H,4-8,11H2,1-3H3. The van der Waals surface area contributed by atoms with Crippen LogP contribution in [0.5, 0.6) is 0 Å². The molecule has 0 bridgehead atoms. The quantitative estimate of drug-likeness (QED) is 0.689. The molecule has 1 aliphatic heterocycles. The van der Waals surface area contributed by atoms with E-state index >= 15 is 0 Å². The first kappa shape index (κ1) is 11.0. The molecule has 1 heterocycles. The summed E-state index contributed by atoms with van der Waals surface area (Å²) in [4.78, 5) is 4.95. The van der Waals surface area contributed by atoms with E-state index in [2.05, 4.69) is 30.7 Å². The van der Waals surface area contributed by atoms with Gasteiger partial charge in [-0.25, -0.2) is 0 Å². The summed E-state index contributed by atoms with van der Waals surface area (Å²) in [5.41, 5.74) is 5.76. The van der Waals surface area contributed by atoms with Gasteiger partial charge in [0, 0.05) is 38.3 Å². The zero-order chi connectivity index (χ0) is 9.84. The third-order valence-corrected chi connectivity index (χ3v) is 3.09. The maximum atomic E-state index is 5.76. The Morgan fingerprint density at radius 1 is 1.46 bits per heavy atom. The van der Waals surface area contributed by atoms with Gasteiger partial charge in [-0.05, 0) is 20.4 Å². The third kappa shape index (κ3) is 2.66. The molecule has 1 saturated heterocycles. The molecule has 3 nitrogen and oxygen atoms in total. The van der Waals surface area contributed by atoms with E-state index in [1.807, 2.05) is 0 Å². The molecule has 0 aromatic carbocycles. The van der Waals surface area contributed by atoms with Gasteiger partial charge in [0.2, 0.25) is 0 Å². The lowest BCUT2D eigenvalue weighted by molar-refractivity contribution is 0.0624. The number of piperazine rings is 1. The van der Waals surface area contributed by atoms with Crippen LogP contribution in [0.15, 0.2) is 0 Å². The van der Waals surface area contributed by atoms with Crippen molar-refractivity contribution in [3.8, 4) is 0 Å². The molecule has 13 heavy (non-hydrogen) atoms. The van der Waals surface area contributed by atoms with Crippen molar-refractivity contribution < 1.29 is 0 Å². The van der Waals surface area contributed by atoms with Crippen molar-refractivity contribution in [3.05, 3.63) is 0 Å². The maximum absolute atomic E-state index is 5.76. The zero-order valence-electron chi connectivity index (χ0n) is 9.16. The molecule has 0 amide bonds. The van der Waals surface area contributed by atoms with Crippen LogP contribution >= 0.6 is 0 Å². The van der Waals surface area contributed by atoms with Gasteiger partial charge in [0.1, 0.15) is 0 Å². The van der Waals surface area contributed by atoms with Crippen molar-refractivity contribution in [1.29, 1.82) is 0 Å². The van der Waals surface area contributed by atoms with Crippen LogP contribution in [0.25, 0.3) is 0 Å². The first-order valence-electron chi connectivity index (χ1n) is 5.33. The van der Waals surface area contributed by atoms with E-state index in [0.29, 0.717) is 12.1 Å². The highest BCUT2D eigenvalue weighted by Crippen LogP contribution is 2.13. The SMILES string of the molecule is CCC(CN)N1CCN(C)CC1C. The molecule has 0 aromatic heterocycles. The third-order valence-electron chi connectivity index (χ3n) is 3.09.